The van der Waals surface area contributed by atoms with Crippen LogP contribution in [0.4, 0.5) is 0 Å². The molecule has 0 spiro atoms. The van der Waals surface area contributed by atoms with Gasteiger partial charge in [-0.3, -0.25) is 4.79 Å². The van der Waals surface area contributed by atoms with Gasteiger partial charge in [-0.15, -0.1) is 0 Å². The first kappa shape index (κ1) is 13.8. The van der Waals surface area contributed by atoms with E-state index in [0.717, 1.165) is 16.6 Å². The van der Waals surface area contributed by atoms with Gasteiger partial charge in [0.05, 0.1) is 15.9 Å². The van der Waals surface area contributed by atoms with Crippen molar-refractivity contribution in [3.05, 3.63) is 46.1 Å². The maximum atomic E-state index is 12.1. The Balaban J connectivity index is 2.09. The molecule has 21 heavy (non-hydrogen) atoms. The van der Waals surface area contributed by atoms with Crippen molar-refractivity contribution in [1.82, 2.24) is 9.72 Å². The highest BCUT2D eigenvalue weighted by molar-refractivity contribution is 7.16. The number of carbonyl (C=O) groups excluding carboxylic acids is 1. The van der Waals surface area contributed by atoms with Crippen LogP contribution in [0, 0.1) is 6.92 Å². The predicted molar refractivity (Wildman–Crippen MR) is 81.3 cm³/mol. The monoisotopic (exact) mass is 301 g/mol. The number of hydrogen-bond acceptors (Lipinski definition) is 4. The average Bonchev–Trinajstić information content (AvgIpc) is 3.03. The second-order valence-corrected chi connectivity index (χ2v) is 5.86. The lowest BCUT2D eigenvalue weighted by Gasteiger charge is -1.97. The molecule has 0 saturated heterocycles. The van der Waals surface area contributed by atoms with E-state index in [9.17, 15) is 4.79 Å². The Kier molecular flexibility index (Phi) is 3.47. The Hall–Kier alpha value is -2.21. The summed E-state index contributed by atoms with van der Waals surface area (Å²) in [5.74, 6) is -0.243. The summed E-state index contributed by atoms with van der Waals surface area (Å²) in [6.45, 7) is 3.89. The molecule has 3 rings (SSSR count). The molecule has 0 aliphatic carbocycles. The molecule has 0 N–H and O–H groups in total. The normalized spacial score (nSPS) is 12.2. The number of thiazole rings is 1. The zero-order valence-corrected chi connectivity index (χ0v) is 12.9. The summed E-state index contributed by atoms with van der Waals surface area (Å²) in [6, 6.07) is 7.89. The summed E-state index contributed by atoms with van der Waals surface area (Å²) in [7, 11) is 1.90. The molecule has 0 bridgehead atoms. The van der Waals surface area contributed by atoms with Crippen molar-refractivity contribution < 1.29 is 9.32 Å². The third-order valence-corrected chi connectivity index (χ3v) is 4.41. The van der Waals surface area contributed by atoms with E-state index in [1.165, 1.54) is 16.9 Å². The molecule has 0 saturated carbocycles. The number of hydrogen-bond donors (Lipinski definition) is 0. The van der Waals surface area contributed by atoms with Crippen molar-refractivity contribution >= 4 is 27.5 Å². The fourth-order valence-electron chi connectivity index (χ4n) is 2.11. The van der Waals surface area contributed by atoms with Gasteiger partial charge in [0, 0.05) is 13.1 Å². The lowest BCUT2D eigenvalue weighted by atomic mass is 10.2. The SMILES string of the molecule is CCc1ccc2c(c1)sc(=NC(=O)c1cc(C)no1)n2C. The van der Waals surface area contributed by atoms with Crippen molar-refractivity contribution in [3.63, 3.8) is 0 Å². The zero-order valence-electron chi connectivity index (χ0n) is 12.1. The van der Waals surface area contributed by atoms with Crippen LogP contribution in [0.25, 0.3) is 10.2 Å². The Labute approximate surface area is 125 Å². The fraction of sp³-hybridized carbons (Fsp3) is 0.267. The van der Waals surface area contributed by atoms with Crippen molar-refractivity contribution in [2.45, 2.75) is 20.3 Å². The highest BCUT2D eigenvalue weighted by atomic mass is 32.1. The fourth-order valence-corrected chi connectivity index (χ4v) is 3.19. The van der Waals surface area contributed by atoms with Crippen molar-refractivity contribution in [3.8, 4) is 0 Å². The maximum absolute atomic E-state index is 12.1. The number of amides is 1. The summed E-state index contributed by atoms with van der Waals surface area (Å²) < 4.78 is 7.99. The van der Waals surface area contributed by atoms with Crippen LogP contribution in [0.3, 0.4) is 0 Å². The second-order valence-electron chi connectivity index (χ2n) is 4.85. The van der Waals surface area contributed by atoms with Gasteiger partial charge in [0.15, 0.2) is 4.80 Å². The maximum Gasteiger partial charge on any atom is 0.318 e. The van der Waals surface area contributed by atoms with Crippen molar-refractivity contribution in [2.75, 3.05) is 0 Å². The molecular weight excluding hydrogens is 286 g/mol. The molecule has 0 atom stereocenters. The van der Waals surface area contributed by atoms with E-state index in [-0.39, 0.29) is 5.76 Å². The van der Waals surface area contributed by atoms with E-state index in [0.29, 0.717) is 10.5 Å². The highest BCUT2D eigenvalue weighted by Crippen LogP contribution is 2.18. The number of rotatable bonds is 2. The number of nitrogens with zero attached hydrogens (tertiary/aromatic N) is 3. The van der Waals surface area contributed by atoms with Crippen LogP contribution < -0.4 is 4.80 Å². The number of aryl methyl sites for hydroxylation is 3. The smallest absolute Gasteiger partial charge is 0.318 e. The number of aromatic nitrogens is 2. The number of fused-ring (bicyclic) bond motifs is 1. The van der Waals surface area contributed by atoms with Crippen molar-refractivity contribution in [1.29, 1.82) is 0 Å². The van der Waals surface area contributed by atoms with E-state index in [1.807, 2.05) is 11.6 Å². The lowest BCUT2D eigenvalue weighted by Crippen LogP contribution is -2.13. The first-order valence-electron chi connectivity index (χ1n) is 6.69. The number of benzene rings is 1. The largest absolute Gasteiger partial charge is 0.351 e. The van der Waals surface area contributed by atoms with Crippen molar-refractivity contribution in [2.24, 2.45) is 12.0 Å². The average molecular weight is 301 g/mol. The molecule has 0 unspecified atom stereocenters. The van der Waals surface area contributed by atoms with E-state index in [1.54, 1.807) is 13.0 Å². The van der Waals surface area contributed by atoms with E-state index in [2.05, 4.69) is 35.3 Å². The molecule has 2 aromatic heterocycles. The molecule has 0 fully saturated rings. The Bertz CT molecular complexity index is 886. The molecular formula is C15H15N3O2S. The molecule has 3 aromatic rings. The van der Waals surface area contributed by atoms with Crippen LogP contribution in [0.1, 0.15) is 28.7 Å². The summed E-state index contributed by atoms with van der Waals surface area (Å²) in [5.41, 5.74) is 3.01. The molecule has 0 aliphatic rings. The third-order valence-electron chi connectivity index (χ3n) is 3.32. The van der Waals surface area contributed by atoms with Crippen LogP contribution in [-0.2, 0) is 13.5 Å². The topological polar surface area (TPSA) is 60.4 Å². The minimum atomic E-state index is -0.409. The molecule has 6 heteroatoms. The second kappa shape index (κ2) is 5.29. The van der Waals surface area contributed by atoms with E-state index in [4.69, 9.17) is 4.52 Å². The van der Waals surface area contributed by atoms with Crippen LogP contribution in [0.2, 0.25) is 0 Å². The lowest BCUT2D eigenvalue weighted by molar-refractivity contribution is 0.0962. The van der Waals surface area contributed by atoms with Crippen LogP contribution >= 0.6 is 11.3 Å². The van der Waals surface area contributed by atoms with Gasteiger partial charge in [-0.25, -0.2) is 0 Å². The molecule has 2 heterocycles. The van der Waals surface area contributed by atoms with Gasteiger partial charge < -0.3 is 9.09 Å². The summed E-state index contributed by atoms with van der Waals surface area (Å²) in [6.07, 6.45) is 0.986. The summed E-state index contributed by atoms with van der Waals surface area (Å²) in [4.78, 5) is 16.9. The molecule has 108 valence electrons. The van der Waals surface area contributed by atoms with E-state index >= 15 is 0 Å². The van der Waals surface area contributed by atoms with Gasteiger partial charge in [-0.05, 0) is 31.0 Å². The molecule has 1 amide bonds. The molecule has 5 nitrogen and oxygen atoms in total. The van der Waals surface area contributed by atoms with Crippen LogP contribution in [0.15, 0.2) is 33.8 Å². The minimum Gasteiger partial charge on any atom is -0.351 e. The highest BCUT2D eigenvalue weighted by Gasteiger charge is 2.11. The van der Waals surface area contributed by atoms with Gasteiger partial charge in [0.1, 0.15) is 0 Å². The quantitative estimate of drug-likeness (QED) is 0.731. The Morgan fingerprint density at radius 1 is 1.43 bits per heavy atom. The molecule has 1 aromatic carbocycles. The third kappa shape index (κ3) is 2.54. The predicted octanol–water partition coefficient (Wildman–Crippen LogP) is 2.84. The number of carbonyl (C=O) groups is 1. The van der Waals surface area contributed by atoms with Crippen LogP contribution in [0.5, 0.6) is 0 Å². The zero-order chi connectivity index (χ0) is 15.0. The molecule has 0 radical (unpaired) electrons. The summed E-state index contributed by atoms with van der Waals surface area (Å²) >= 11 is 1.50. The Morgan fingerprint density at radius 2 is 2.24 bits per heavy atom. The van der Waals surface area contributed by atoms with Crippen LogP contribution in [-0.4, -0.2) is 15.6 Å². The Morgan fingerprint density at radius 3 is 2.90 bits per heavy atom. The van der Waals surface area contributed by atoms with Gasteiger partial charge in [0.2, 0.25) is 5.76 Å². The van der Waals surface area contributed by atoms with Gasteiger partial charge >= 0.3 is 5.91 Å². The van der Waals surface area contributed by atoms with Gasteiger partial charge in [-0.2, -0.15) is 4.99 Å². The first-order chi connectivity index (χ1) is 10.1. The first-order valence-corrected chi connectivity index (χ1v) is 7.51. The standard InChI is InChI=1S/C15H15N3O2S/c1-4-10-5-6-11-13(8-10)21-15(18(11)3)16-14(19)12-7-9(2)17-20-12/h5-8H,4H2,1-3H3. The summed E-state index contributed by atoms with van der Waals surface area (Å²) in [5, 5.41) is 3.71. The van der Waals surface area contributed by atoms with Gasteiger partial charge in [-0.1, -0.05) is 29.5 Å². The minimum absolute atomic E-state index is 0.166. The van der Waals surface area contributed by atoms with E-state index < -0.39 is 5.91 Å². The molecule has 0 aliphatic heterocycles. The van der Waals surface area contributed by atoms with Gasteiger partial charge in [0.25, 0.3) is 0 Å².